The Morgan fingerprint density at radius 2 is 2.00 bits per heavy atom. The summed E-state index contributed by atoms with van der Waals surface area (Å²) in [6, 6.07) is 6.96. The smallest absolute Gasteiger partial charge is 0.406 e. The molecule has 1 rings (SSSR count). The molecule has 1 aromatic carbocycles. The molecule has 1 aromatic rings. The molecular formula is C14H13F3N2O3. The molecule has 0 fully saturated rings. The third-order valence-corrected chi connectivity index (χ3v) is 2.80. The van der Waals surface area contributed by atoms with Gasteiger partial charge in [-0.25, -0.2) is 0 Å². The van der Waals surface area contributed by atoms with Gasteiger partial charge in [0.15, 0.2) is 11.7 Å². The van der Waals surface area contributed by atoms with Crippen LogP contribution in [0.15, 0.2) is 24.3 Å². The van der Waals surface area contributed by atoms with E-state index in [1.807, 2.05) is 0 Å². The van der Waals surface area contributed by atoms with Crippen LogP contribution in [0, 0.1) is 17.2 Å². The number of benzene rings is 1. The number of aryl methyl sites for hydroxylation is 1. The Morgan fingerprint density at radius 1 is 1.36 bits per heavy atom. The average molecular weight is 314 g/mol. The molecule has 0 aliphatic heterocycles. The highest BCUT2D eigenvalue weighted by Crippen LogP contribution is 2.27. The van der Waals surface area contributed by atoms with Crippen molar-refractivity contribution in [1.82, 2.24) is 5.32 Å². The number of amides is 1. The second-order valence-electron chi connectivity index (χ2n) is 4.30. The van der Waals surface area contributed by atoms with Crippen LogP contribution < -0.4 is 10.1 Å². The minimum Gasteiger partial charge on any atom is -0.406 e. The first kappa shape index (κ1) is 17.5. The molecule has 8 heteroatoms. The number of Topliss-reactive ketones (excluding diaryl/α,β-unsaturated/α-hetero) is 1. The number of hydrogen-bond donors (Lipinski definition) is 1. The number of hydrogen-bond acceptors (Lipinski definition) is 4. The molecule has 0 radical (unpaired) electrons. The number of carbonyl (C=O) groups is 2. The summed E-state index contributed by atoms with van der Waals surface area (Å²) in [5.74, 6) is -3.28. The maximum absolute atomic E-state index is 12.3. The van der Waals surface area contributed by atoms with E-state index in [1.165, 1.54) is 25.2 Å². The Balaban J connectivity index is 2.78. The van der Waals surface area contributed by atoms with Crippen molar-refractivity contribution >= 4 is 11.7 Å². The van der Waals surface area contributed by atoms with Crippen LogP contribution >= 0.6 is 0 Å². The van der Waals surface area contributed by atoms with Crippen LogP contribution in [0.25, 0.3) is 0 Å². The number of halogens is 3. The standard InChI is InChI=1S/C14H13F3N2O3/c1-19-13(21)10(8-18)11(20)7-6-9-4-2-3-5-12(9)22-14(15,16)17/h2-5,10H,6-7H2,1H3,(H,19,21)/t10-/m1/s1. The summed E-state index contributed by atoms with van der Waals surface area (Å²) >= 11 is 0. The third-order valence-electron chi connectivity index (χ3n) is 2.80. The van der Waals surface area contributed by atoms with Gasteiger partial charge in [0, 0.05) is 13.5 Å². The van der Waals surface area contributed by atoms with E-state index in [4.69, 9.17) is 5.26 Å². The quantitative estimate of drug-likeness (QED) is 0.814. The zero-order valence-electron chi connectivity index (χ0n) is 11.6. The molecule has 22 heavy (non-hydrogen) atoms. The normalized spacial score (nSPS) is 12.1. The van der Waals surface area contributed by atoms with Gasteiger partial charge in [0.05, 0.1) is 6.07 Å². The first-order valence-electron chi connectivity index (χ1n) is 6.26. The molecule has 0 aromatic heterocycles. The summed E-state index contributed by atoms with van der Waals surface area (Å²) < 4.78 is 40.7. The lowest BCUT2D eigenvalue weighted by Crippen LogP contribution is -2.32. The Hall–Kier alpha value is -2.56. The minimum atomic E-state index is -4.84. The number of ether oxygens (including phenoxy) is 1. The zero-order valence-corrected chi connectivity index (χ0v) is 11.6. The van der Waals surface area contributed by atoms with Gasteiger partial charge in [-0.3, -0.25) is 9.59 Å². The van der Waals surface area contributed by atoms with Crippen molar-refractivity contribution in [3.05, 3.63) is 29.8 Å². The molecule has 1 atom stereocenters. The molecule has 0 bridgehead atoms. The van der Waals surface area contributed by atoms with E-state index in [1.54, 1.807) is 6.07 Å². The lowest BCUT2D eigenvalue weighted by Gasteiger charge is -2.13. The van der Waals surface area contributed by atoms with E-state index in [2.05, 4.69) is 10.1 Å². The highest BCUT2D eigenvalue weighted by molar-refractivity contribution is 6.03. The van der Waals surface area contributed by atoms with Crippen LogP contribution in [0.1, 0.15) is 12.0 Å². The molecule has 5 nitrogen and oxygen atoms in total. The van der Waals surface area contributed by atoms with Gasteiger partial charge in [-0.05, 0) is 18.1 Å². The molecular weight excluding hydrogens is 301 g/mol. The lowest BCUT2D eigenvalue weighted by atomic mass is 9.98. The van der Waals surface area contributed by atoms with Crippen molar-refractivity contribution < 1.29 is 27.5 Å². The number of alkyl halides is 3. The van der Waals surface area contributed by atoms with E-state index < -0.39 is 29.7 Å². The fourth-order valence-corrected chi connectivity index (χ4v) is 1.76. The topological polar surface area (TPSA) is 79.2 Å². The lowest BCUT2D eigenvalue weighted by molar-refractivity contribution is -0.274. The Bertz CT molecular complexity index is 594. The largest absolute Gasteiger partial charge is 0.573 e. The molecule has 118 valence electrons. The van der Waals surface area contributed by atoms with Gasteiger partial charge in [-0.2, -0.15) is 5.26 Å². The monoisotopic (exact) mass is 314 g/mol. The average Bonchev–Trinajstić information content (AvgIpc) is 2.45. The van der Waals surface area contributed by atoms with E-state index in [9.17, 15) is 22.8 Å². The fourth-order valence-electron chi connectivity index (χ4n) is 1.76. The highest BCUT2D eigenvalue weighted by Gasteiger charge is 2.32. The van der Waals surface area contributed by atoms with Crippen LogP contribution in [0.4, 0.5) is 13.2 Å². The number of carbonyl (C=O) groups excluding carboxylic acids is 2. The van der Waals surface area contributed by atoms with E-state index in [0.717, 1.165) is 6.07 Å². The van der Waals surface area contributed by atoms with Crippen LogP contribution in [-0.2, 0) is 16.0 Å². The van der Waals surface area contributed by atoms with Crippen molar-refractivity contribution in [3.8, 4) is 11.8 Å². The van der Waals surface area contributed by atoms with Crippen LogP contribution in [-0.4, -0.2) is 25.1 Å². The number of para-hydroxylation sites is 1. The van der Waals surface area contributed by atoms with Crippen molar-refractivity contribution in [3.63, 3.8) is 0 Å². The molecule has 0 saturated heterocycles. The van der Waals surface area contributed by atoms with Gasteiger partial charge < -0.3 is 10.1 Å². The maximum atomic E-state index is 12.3. The van der Waals surface area contributed by atoms with Crippen molar-refractivity contribution in [2.45, 2.75) is 19.2 Å². The van der Waals surface area contributed by atoms with Gasteiger partial charge in [-0.15, -0.1) is 13.2 Å². The summed E-state index contributed by atoms with van der Waals surface area (Å²) in [4.78, 5) is 23.1. The van der Waals surface area contributed by atoms with Crippen LogP contribution in [0.5, 0.6) is 5.75 Å². The van der Waals surface area contributed by atoms with Gasteiger partial charge >= 0.3 is 6.36 Å². The molecule has 0 aliphatic carbocycles. The van der Waals surface area contributed by atoms with Gasteiger partial charge in [0.1, 0.15) is 5.75 Å². The second kappa shape index (κ2) is 7.45. The first-order chi connectivity index (χ1) is 10.3. The predicted octanol–water partition coefficient (Wildman–Crippen LogP) is 1.97. The maximum Gasteiger partial charge on any atom is 0.573 e. The Labute approximate surface area is 124 Å². The van der Waals surface area contributed by atoms with E-state index >= 15 is 0 Å². The molecule has 1 amide bonds. The number of nitrogens with one attached hydrogen (secondary N) is 1. The number of ketones is 1. The van der Waals surface area contributed by atoms with Crippen molar-refractivity contribution in [1.29, 1.82) is 5.26 Å². The Kier molecular flexibility index (Phi) is 5.92. The third kappa shape index (κ3) is 5.09. The molecule has 0 unspecified atom stereocenters. The molecule has 0 saturated carbocycles. The van der Waals surface area contributed by atoms with E-state index in [-0.39, 0.29) is 18.4 Å². The number of nitriles is 1. The highest BCUT2D eigenvalue weighted by atomic mass is 19.4. The number of nitrogens with zero attached hydrogens (tertiary/aromatic N) is 1. The molecule has 0 spiro atoms. The van der Waals surface area contributed by atoms with Crippen molar-refractivity contribution in [2.24, 2.45) is 5.92 Å². The molecule has 1 N–H and O–H groups in total. The summed E-state index contributed by atoms with van der Waals surface area (Å²) in [6.45, 7) is 0. The number of rotatable bonds is 6. The fraction of sp³-hybridized carbons (Fsp3) is 0.357. The summed E-state index contributed by atoms with van der Waals surface area (Å²) in [5.41, 5.74) is 0.168. The Morgan fingerprint density at radius 3 is 2.55 bits per heavy atom. The van der Waals surface area contributed by atoms with Crippen LogP contribution in [0.2, 0.25) is 0 Å². The minimum absolute atomic E-state index is 0.0692. The van der Waals surface area contributed by atoms with Gasteiger partial charge in [0.2, 0.25) is 5.91 Å². The molecule has 0 heterocycles. The first-order valence-corrected chi connectivity index (χ1v) is 6.26. The van der Waals surface area contributed by atoms with Crippen molar-refractivity contribution in [2.75, 3.05) is 7.05 Å². The van der Waals surface area contributed by atoms with Crippen LogP contribution in [0.3, 0.4) is 0 Å². The predicted molar refractivity (Wildman–Crippen MR) is 69.6 cm³/mol. The van der Waals surface area contributed by atoms with Gasteiger partial charge in [-0.1, -0.05) is 18.2 Å². The second-order valence-corrected chi connectivity index (χ2v) is 4.30. The van der Waals surface area contributed by atoms with Gasteiger partial charge in [0.25, 0.3) is 0 Å². The summed E-state index contributed by atoms with van der Waals surface area (Å²) in [5, 5.41) is 11.0. The summed E-state index contributed by atoms with van der Waals surface area (Å²) in [6.07, 6.45) is -5.15. The summed E-state index contributed by atoms with van der Waals surface area (Å²) in [7, 11) is 1.28. The molecule has 0 aliphatic rings. The SMILES string of the molecule is CNC(=O)[C@H](C#N)C(=O)CCc1ccccc1OC(F)(F)F. The van der Waals surface area contributed by atoms with E-state index in [0.29, 0.717) is 0 Å². The zero-order chi connectivity index (χ0) is 16.8.